The third-order valence-corrected chi connectivity index (χ3v) is 6.81. The van der Waals surface area contributed by atoms with E-state index >= 15 is 0 Å². The molecule has 1 amide bonds. The number of carbonyl (C=O) groups is 1. The van der Waals surface area contributed by atoms with Crippen molar-refractivity contribution < 1.29 is 18.3 Å². The van der Waals surface area contributed by atoms with Crippen molar-refractivity contribution in [3.05, 3.63) is 96.2 Å². The molecule has 158 valence electrons. The highest BCUT2D eigenvalue weighted by Gasteiger charge is 2.79. The van der Waals surface area contributed by atoms with Crippen molar-refractivity contribution in [3.8, 4) is 0 Å². The number of hydrogen-bond donors (Lipinski definition) is 0. The van der Waals surface area contributed by atoms with E-state index in [4.69, 9.17) is 4.74 Å². The van der Waals surface area contributed by atoms with Crippen LogP contribution in [0.4, 0.5) is 8.78 Å². The third kappa shape index (κ3) is 2.48. The fourth-order valence-electron chi connectivity index (χ4n) is 5.61. The van der Waals surface area contributed by atoms with Crippen LogP contribution in [-0.4, -0.2) is 34.4 Å². The van der Waals surface area contributed by atoms with E-state index in [0.717, 1.165) is 18.2 Å². The number of hydrogen-bond acceptors (Lipinski definition) is 3. The number of hydrazone groups is 1. The lowest BCUT2D eigenvalue weighted by molar-refractivity contribution is -0.255. The van der Waals surface area contributed by atoms with E-state index in [-0.39, 0.29) is 17.4 Å². The van der Waals surface area contributed by atoms with Gasteiger partial charge in [-0.3, -0.25) is 4.79 Å². The van der Waals surface area contributed by atoms with E-state index in [0.29, 0.717) is 24.3 Å². The summed E-state index contributed by atoms with van der Waals surface area (Å²) in [5.41, 5.74) is -0.622. The first-order valence-electron chi connectivity index (χ1n) is 10.3. The van der Waals surface area contributed by atoms with Gasteiger partial charge in [0.05, 0.1) is 23.8 Å². The first-order valence-corrected chi connectivity index (χ1v) is 10.3. The molecule has 0 N–H and O–H groups in total. The minimum Gasteiger partial charge on any atom is -0.369 e. The van der Waals surface area contributed by atoms with Gasteiger partial charge in [0.15, 0.2) is 0 Å². The van der Waals surface area contributed by atoms with Gasteiger partial charge in [-0.25, -0.2) is 13.8 Å². The molecule has 1 aromatic carbocycles. The molecular weight excluding hydrogens is 398 g/mol. The van der Waals surface area contributed by atoms with E-state index in [2.05, 4.69) is 11.7 Å². The van der Waals surface area contributed by atoms with Crippen molar-refractivity contribution in [2.75, 3.05) is 6.61 Å². The second kappa shape index (κ2) is 6.95. The highest BCUT2D eigenvalue weighted by atomic mass is 19.1. The Morgan fingerprint density at radius 2 is 2.19 bits per heavy atom. The van der Waals surface area contributed by atoms with Gasteiger partial charge in [-0.05, 0) is 37.6 Å². The molecule has 6 heteroatoms. The Balaban J connectivity index is 1.69. The maximum absolute atomic E-state index is 14.8. The number of benzene rings is 1. The Hall–Kier alpha value is -3.12. The highest BCUT2D eigenvalue weighted by molar-refractivity contribution is 6.10. The van der Waals surface area contributed by atoms with Crippen molar-refractivity contribution in [2.45, 2.75) is 24.5 Å². The Kier molecular flexibility index (Phi) is 4.45. The quantitative estimate of drug-likeness (QED) is 0.533. The Morgan fingerprint density at radius 1 is 1.35 bits per heavy atom. The molecule has 0 radical (unpaired) electrons. The molecule has 2 aliphatic heterocycles. The van der Waals surface area contributed by atoms with Gasteiger partial charge in [0.25, 0.3) is 5.91 Å². The van der Waals surface area contributed by atoms with Gasteiger partial charge in [0, 0.05) is 17.1 Å². The third-order valence-electron chi connectivity index (χ3n) is 6.81. The molecule has 4 atom stereocenters. The van der Waals surface area contributed by atoms with Crippen molar-refractivity contribution in [2.24, 2.45) is 16.9 Å². The molecule has 0 aromatic heterocycles. The van der Waals surface area contributed by atoms with Gasteiger partial charge < -0.3 is 4.74 Å². The average molecular weight is 420 g/mol. The topological polar surface area (TPSA) is 41.9 Å². The number of rotatable bonds is 4. The minimum atomic E-state index is -0.721. The highest BCUT2D eigenvalue weighted by Crippen LogP contribution is 2.67. The normalized spacial score (nSPS) is 33.1. The largest absolute Gasteiger partial charge is 0.369 e. The molecule has 3 unspecified atom stereocenters. The van der Waals surface area contributed by atoms with Crippen LogP contribution < -0.4 is 0 Å². The summed E-state index contributed by atoms with van der Waals surface area (Å²) in [7, 11) is 0. The van der Waals surface area contributed by atoms with Gasteiger partial charge in [-0.15, -0.1) is 0 Å². The van der Waals surface area contributed by atoms with Crippen LogP contribution in [0.5, 0.6) is 0 Å². The predicted octanol–water partition coefficient (Wildman–Crippen LogP) is 4.47. The molecule has 1 spiro atoms. The van der Waals surface area contributed by atoms with Gasteiger partial charge in [0.2, 0.25) is 0 Å². The Bertz CT molecular complexity index is 1130. The summed E-state index contributed by atoms with van der Waals surface area (Å²) >= 11 is 0. The summed E-state index contributed by atoms with van der Waals surface area (Å²) in [6.45, 7) is 6.08. The number of amides is 1. The molecule has 2 aliphatic carbocycles. The second-order valence-electron chi connectivity index (χ2n) is 8.18. The number of allylic oxidation sites excluding steroid dienone is 5. The smallest absolute Gasteiger partial charge is 0.274 e. The summed E-state index contributed by atoms with van der Waals surface area (Å²) in [6, 6.07) is 3.31. The molecule has 1 saturated carbocycles. The van der Waals surface area contributed by atoms with E-state index in [9.17, 15) is 13.6 Å². The molecule has 5 rings (SSSR count). The number of nitrogens with zero attached hydrogens (tertiary/aromatic N) is 2. The van der Waals surface area contributed by atoms with Crippen LogP contribution in [0.1, 0.15) is 18.9 Å². The van der Waals surface area contributed by atoms with Gasteiger partial charge >= 0.3 is 0 Å². The summed E-state index contributed by atoms with van der Waals surface area (Å²) in [5.74, 6) is -1.97. The van der Waals surface area contributed by atoms with E-state index in [1.807, 2.05) is 37.3 Å². The van der Waals surface area contributed by atoms with Crippen LogP contribution in [-0.2, 0) is 9.53 Å². The van der Waals surface area contributed by atoms with Crippen LogP contribution in [0, 0.1) is 23.5 Å². The van der Waals surface area contributed by atoms with Crippen LogP contribution in [0.25, 0.3) is 0 Å². The molecule has 31 heavy (non-hydrogen) atoms. The zero-order chi connectivity index (χ0) is 21.8. The summed E-state index contributed by atoms with van der Waals surface area (Å²) in [4.78, 5) is 13.6. The lowest BCUT2D eigenvalue weighted by atomic mass is 9.43. The second-order valence-corrected chi connectivity index (χ2v) is 8.18. The molecule has 4 aliphatic rings. The van der Waals surface area contributed by atoms with Crippen molar-refractivity contribution >= 4 is 11.6 Å². The van der Waals surface area contributed by atoms with Crippen molar-refractivity contribution in [1.82, 2.24) is 5.01 Å². The summed E-state index contributed by atoms with van der Waals surface area (Å²) in [5, 5.41) is 6.12. The molecule has 4 nitrogen and oxygen atoms in total. The van der Waals surface area contributed by atoms with Gasteiger partial charge in [0.1, 0.15) is 17.2 Å². The lowest BCUT2D eigenvalue weighted by Crippen LogP contribution is -2.81. The molecule has 2 bridgehead atoms. The van der Waals surface area contributed by atoms with Crippen LogP contribution in [0.3, 0.4) is 0 Å². The summed E-state index contributed by atoms with van der Waals surface area (Å²) in [6.07, 6.45) is 15.1. The van der Waals surface area contributed by atoms with Gasteiger partial charge in [-0.2, -0.15) is 5.10 Å². The predicted molar refractivity (Wildman–Crippen MR) is 114 cm³/mol. The molecular formula is C25H22F2N2O2. The molecule has 2 heterocycles. The maximum Gasteiger partial charge on any atom is 0.274 e. The zero-order valence-corrected chi connectivity index (χ0v) is 17.1. The van der Waals surface area contributed by atoms with E-state index in [1.165, 1.54) is 11.1 Å². The number of ether oxygens (including phenoxy) is 1. The maximum atomic E-state index is 14.8. The summed E-state index contributed by atoms with van der Waals surface area (Å²) < 4.78 is 35.1. The molecule has 1 aromatic rings. The molecule has 2 fully saturated rings. The lowest BCUT2D eigenvalue weighted by Gasteiger charge is -2.68. The Labute approximate surface area is 179 Å². The van der Waals surface area contributed by atoms with Crippen LogP contribution in [0.15, 0.2) is 84.1 Å². The fourth-order valence-corrected chi connectivity index (χ4v) is 5.61. The molecule has 1 saturated heterocycles. The van der Waals surface area contributed by atoms with Crippen LogP contribution >= 0.6 is 0 Å². The van der Waals surface area contributed by atoms with Crippen molar-refractivity contribution in [3.63, 3.8) is 0 Å². The Morgan fingerprint density at radius 3 is 2.97 bits per heavy atom. The minimum absolute atomic E-state index is 0.0635. The van der Waals surface area contributed by atoms with Crippen LogP contribution in [0.2, 0.25) is 0 Å². The zero-order valence-electron chi connectivity index (χ0n) is 17.1. The monoisotopic (exact) mass is 420 g/mol. The fraction of sp³-hybridized carbons (Fsp3) is 0.280. The van der Waals surface area contributed by atoms with E-state index < -0.39 is 28.7 Å². The van der Waals surface area contributed by atoms with Crippen molar-refractivity contribution in [1.29, 1.82) is 0 Å². The standard InChI is InChI=1S/C25H22F2N2O2/c1-3-5-8-16(4-2)23(30)29-24-13-14-31-25(12-7-6-9-20(24)25)22(24)21(28-29)18-15-17(26)10-11-19(18)27/h3-12,15,20,22H,2,13-14H2,1H3/b5-3-,16-8+/t20?,22-,24?,25?/m0/s1. The first-order chi connectivity index (χ1) is 15.0. The first kappa shape index (κ1) is 19.8. The average Bonchev–Trinajstić information content (AvgIpc) is 3.09. The number of halogens is 2. The number of carbonyl (C=O) groups excluding carboxylic acids is 1. The van der Waals surface area contributed by atoms with E-state index in [1.54, 1.807) is 12.2 Å². The van der Waals surface area contributed by atoms with Gasteiger partial charge in [-0.1, -0.05) is 49.1 Å². The SMILES string of the molecule is C=C/C(=C\C=C/C)C(=O)N1N=C(c2cc(F)ccc2F)[C@@H]2C34C=CC=CC3C21CCO4.